The highest BCUT2D eigenvalue weighted by Crippen LogP contribution is 1.79. The minimum Gasteiger partial charge on any atom is -0.329 e. The summed E-state index contributed by atoms with van der Waals surface area (Å²) in [7, 11) is 0. The fraction of sp³-hybridized carbons (Fsp3) is 0.875. The molecule has 66 valence electrons. The summed E-state index contributed by atoms with van der Waals surface area (Å²) >= 11 is 0. The molecule has 0 radical (unpaired) electrons. The Morgan fingerprint density at radius 2 is 2.27 bits per heavy atom. The van der Waals surface area contributed by atoms with Crippen molar-refractivity contribution in [3.8, 4) is 0 Å². The molecule has 3 N–H and O–H groups in total. The molecule has 0 heterocycles. The Morgan fingerprint density at radius 1 is 1.45 bits per heavy atom. The van der Waals surface area contributed by atoms with Crippen LogP contribution in [0.3, 0.4) is 0 Å². The Balaban J connectivity index is 2.89. The monoisotopic (exact) mass is 157 g/mol. The molecule has 0 aliphatic rings. The number of rotatable bonds is 7. The molecule has 0 aromatic rings. The summed E-state index contributed by atoms with van der Waals surface area (Å²) in [4.78, 5) is 4.20. The van der Waals surface area contributed by atoms with Gasteiger partial charge in [0.25, 0.3) is 0 Å². The SMILES string of the molecule is CCCC=NCCNCCN. The van der Waals surface area contributed by atoms with Crippen LogP contribution in [0, 0.1) is 0 Å². The van der Waals surface area contributed by atoms with E-state index < -0.39 is 0 Å². The summed E-state index contributed by atoms with van der Waals surface area (Å²) in [6.07, 6.45) is 4.26. The Bertz CT molecular complexity index is 91.3. The molecule has 11 heavy (non-hydrogen) atoms. The molecule has 0 aliphatic carbocycles. The molecule has 0 rings (SSSR count). The van der Waals surface area contributed by atoms with Crippen LogP contribution in [0.5, 0.6) is 0 Å². The number of hydrogen-bond donors (Lipinski definition) is 2. The van der Waals surface area contributed by atoms with Gasteiger partial charge in [0.05, 0.1) is 6.54 Å². The normalized spacial score (nSPS) is 11.1. The third-order valence-corrected chi connectivity index (χ3v) is 1.29. The van der Waals surface area contributed by atoms with E-state index in [0.29, 0.717) is 6.54 Å². The zero-order valence-electron chi connectivity index (χ0n) is 7.34. The van der Waals surface area contributed by atoms with E-state index in [0.717, 1.165) is 26.1 Å². The molecule has 0 fully saturated rings. The Labute approximate surface area is 69.1 Å². The first kappa shape index (κ1) is 10.6. The standard InChI is InChI=1S/C8H19N3/c1-2-3-5-10-7-8-11-6-4-9/h5,11H,2-4,6-9H2,1H3. The van der Waals surface area contributed by atoms with Gasteiger partial charge < -0.3 is 11.1 Å². The first-order chi connectivity index (χ1) is 5.41. The molecule has 0 bridgehead atoms. The maximum Gasteiger partial charge on any atom is 0.0510 e. The van der Waals surface area contributed by atoms with Gasteiger partial charge in [-0.15, -0.1) is 0 Å². The van der Waals surface area contributed by atoms with Crippen molar-refractivity contribution in [3.05, 3.63) is 0 Å². The molecule has 0 aromatic heterocycles. The van der Waals surface area contributed by atoms with Gasteiger partial charge in [0.15, 0.2) is 0 Å². The Morgan fingerprint density at radius 3 is 2.91 bits per heavy atom. The highest BCUT2D eigenvalue weighted by molar-refractivity contribution is 5.56. The smallest absolute Gasteiger partial charge is 0.0510 e. The van der Waals surface area contributed by atoms with Gasteiger partial charge in [-0.1, -0.05) is 13.3 Å². The fourth-order valence-corrected chi connectivity index (χ4v) is 0.682. The molecule has 0 unspecified atom stereocenters. The predicted octanol–water partition coefficient (Wildman–Crippen LogP) is 0.406. The Hall–Kier alpha value is -0.410. The highest BCUT2D eigenvalue weighted by Gasteiger charge is 1.81. The van der Waals surface area contributed by atoms with Gasteiger partial charge in [-0.2, -0.15) is 0 Å². The lowest BCUT2D eigenvalue weighted by Crippen LogP contribution is -2.24. The van der Waals surface area contributed by atoms with E-state index in [1.807, 2.05) is 6.21 Å². The van der Waals surface area contributed by atoms with Crippen LogP contribution in [0.2, 0.25) is 0 Å². The van der Waals surface area contributed by atoms with E-state index in [9.17, 15) is 0 Å². The minimum absolute atomic E-state index is 0.707. The maximum absolute atomic E-state index is 5.29. The van der Waals surface area contributed by atoms with Crippen LogP contribution >= 0.6 is 0 Å². The molecule has 0 saturated heterocycles. The Kier molecular flexibility index (Phi) is 9.23. The topological polar surface area (TPSA) is 50.4 Å². The second-order valence-corrected chi connectivity index (χ2v) is 2.42. The molecule has 0 spiro atoms. The van der Waals surface area contributed by atoms with Gasteiger partial charge in [-0.25, -0.2) is 0 Å². The summed E-state index contributed by atoms with van der Waals surface area (Å²) in [5, 5.41) is 3.17. The van der Waals surface area contributed by atoms with Crippen LogP contribution in [0.4, 0.5) is 0 Å². The number of nitrogens with zero attached hydrogens (tertiary/aromatic N) is 1. The van der Waals surface area contributed by atoms with Crippen molar-refractivity contribution in [3.63, 3.8) is 0 Å². The summed E-state index contributed by atoms with van der Waals surface area (Å²) in [6.45, 7) is 5.57. The highest BCUT2D eigenvalue weighted by atomic mass is 14.9. The lowest BCUT2D eigenvalue weighted by atomic mass is 10.4. The van der Waals surface area contributed by atoms with Crippen molar-refractivity contribution in [2.24, 2.45) is 10.7 Å². The molecule has 3 heteroatoms. The van der Waals surface area contributed by atoms with Gasteiger partial charge in [0.2, 0.25) is 0 Å². The number of aliphatic imine (C=N–C) groups is 1. The van der Waals surface area contributed by atoms with Gasteiger partial charge in [-0.05, 0) is 12.6 Å². The van der Waals surface area contributed by atoms with Crippen molar-refractivity contribution >= 4 is 6.21 Å². The largest absolute Gasteiger partial charge is 0.329 e. The first-order valence-corrected chi connectivity index (χ1v) is 4.31. The number of nitrogens with one attached hydrogen (secondary N) is 1. The van der Waals surface area contributed by atoms with Crippen LogP contribution in [-0.4, -0.2) is 32.4 Å². The zero-order chi connectivity index (χ0) is 8.36. The van der Waals surface area contributed by atoms with E-state index in [1.54, 1.807) is 0 Å². The number of nitrogens with two attached hydrogens (primary N) is 1. The molecule has 3 nitrogen and oxygen atoms in total. The van der Waals surface area contributed by atoms with Gasteiger partial charge in [-0.3, -0.25) is 4.99 Å². The average molecular weight is 157 g/mol. The average Bonchev–Trinajstić information content (AvgIpc) is 2.03. The summed E-state index contributed by atoms with van der Waals surface area (Å²) in [5.74, 6) is 0. The van der Waals surface area contributed by atoms with Crippen molar-refractivity contribution in [1.82, 2.24) is 5.32 Å². The van der Waals surface area contributed by atoms with E-state index in [2.05, 4.69) is 17.2 Å². The molecule has 0 aromatic carbocycles. The quantitative estimate of drug-likeness (QED) is 0.415. The molecule has 0 saturated carbocycles. The van der Waals surface area contributed by atoms with Crippen LogP contribution in [0.15, 0.2) is 4.99 Å². The summed E-state index contributed by atoms with van der Waals surface area (Å²) in [6, 6.07) is 0. The summed E-state index contributed by atoms with van der Waals surface area (Å²) < 4.78 is 0. The van der Waals surface area contributed by atoms with Crippen molar-refractivity contribution in [2.45, 2.75) is 19.8 Å². The van der Waals surface area contributed by atoms with Gasteiger partial charge in [0, 0.05) is 19.6 Å². The number of hydrogen-bond acceptors (Lipinski definition) is 3. The van der Waals surface area contributed by atoms with Crippen molar-refractivity contribution in [2.75, 3.05) is 26.2 Å². The number of unbranched alkanes of at least 4 members (excludes halogenated alkanes) is 1. The van der Waals surface area contributed by atoms with E-state index in [-0.39, 0.29) is 0 Å². The fourth-order valence-electron chi connectivity index (χ4n) is 0.682. The molecular formula is C8H19N3. The van der Waals surface area contributed by atoms with Crippen LogP contribution in [0.1, 0.15) is 19.8 Å². The van der Waals surface area contributed by atoms with Gasteiger partial charge >= 0.3 is 0 Å². The van der Waals surface area contributed by atoms with Gasteiger partial charge in [0.1, 0.15) is 0 Å². The zero-order valence-corrected chi connectivity index (χ0v) is 7.34. The molecule has 0 aliphatic heterocycles. The molecule has 0 amide bonds. The van der Waals surface area contributed by atoms with E-state index in [1.165, 1.54) is 6.42 Å². The van der Waals surface area contributed by atoms with Crippen LogP contribution in [-0.2, 0) is 0 Å². The second kappa shape index (κ2) is 9.59. The molecule has 0 atom stereocenters. The van der Waals surface area contributed by atoms with E-state index >= 15 is 0 Å². The lowest BCUT2D eigenvalue weighted by Gasteiger charge is -1.97. The van der Waals surface area contributed by atoms with Crippen molar-refractivity contribution in [1.29, 1.82) is 0 Å². The summed E-state index contributed by atoms with van der Waals surface area (Å²) in [5.41, 5.74) is 5.29. The predicted molar refractivity (Wildman–Crippen MR) is 50.2 cm³/mol. The second-order valence-electron chi connectivity index (χ2n) is 2.42. The van der Waals surface area contributed by atoms with E-state index in [4.69, 9.17) is 5.73 Å². The third-order valence-electron chi connectivity index (χ3n) is 1.29. The first-order valence-electron chi connectivity index (χ1n) is 4.31. The third kappa shape index (κ3) is 9.59. The minimum atomic E-state index is 0.707. The van der Waals surface area contributed by atoms with Crippen molar-refractivity contribution < 1.29 is 0 Å². The molecular weight excluding hydrogens is 138 g/mol. The van der Waals surface area contributed by atoms with Crippen LogP contribution < -0.4 is 11.1 Å². The van der Waals surface area contributed by atoms with Crippen LogP contribution in [0.25, 0.3) is 0 Å². The lowest BCUT2D eigenvalue weighted by molar-refractivity contribution is 0.697. The maximum atomic E-state index is 5.29.